The van der Waals surface area contributed by atoms with Gasteiger partial charge in [0.2, 0.25) is 0 Å². The molecule has 0 bridgehead atoms. The number of hydrogen-bond donors (Lipinski definition) is 0. The average molecular weight is 204 g/mol. The molecule has 0 radical (unpaired) electrons. The van der Waals surface area contributed by atoms with E-state index in [1.54, 1.807) is 0 Å². The quantitative estimate of drug-likeness (QED) is 0.316. The third-order valence-corrected chi connectivity index (χ3v) is 2.77. The van der Waals surface area contributed by atoms with E-state index in [-0.39, 0.29) is 29.6 Å². The van der Waals surface area contributed by atoms with E-state index in [2.05, 4.69) is 6.92 Å². The molecule has 0 aromatic heterocycles. The molecule has 0 N–H and O–H groups in total. The van der Waals surface area contributed by atoms with Gasteiger partial charge in [0.1, 0.15) is 0 Å². The first-order chi connectivity index (χ1) is 6.24. The van der Waals surface area contributed by atoms with Gasteiger partial charge in [-0.05, 0) is 31.3 Å². The molecule has 1 rings (SSSR count). The van der Waals surface area contributed by atoms with Crippen LogP contribution in [-0.4, -0.2) is 5.97 Å². The summed E-state index contributed by atoms with van der Waals surface area (Å²) < 4.78 is 0. The predicted octanol–water partition coefficient (Wildman–Crippen LogP) is -1.34. The van der Waals surface area contributed by atoms with Crippen LogP contribution in [-0.2, 0) is 4.79 Å². The average Bonchev–Trinajstić information content (AvgIpc) is 2.06. The van der Waals surface area contributed by atoms with Crippen molar-refractivity contribution in [2.45, 2.75) is 45.4 Å². The smallest absolute Gasteiger partial charge is 0.545 e. The number of aliphatic carboxylic acids is 1. The number of allylic oxidation sites excluding steroid dienone is 1. The molecule has 1 aliphatic rings. The normalized spacial score (nSPS) is 22.6. The van der Waals surface area contributed by atoms with Gasteiger partial charge < -0.3 is 9.90 Å². The Kier molecular flexibility index (Phi) is 7.61. The standard InChI is InChI=1S/C11H18O2.Na/c1-2-3-4-5-9-6-7-10(9)8-11(12)13;/h8-9H,2-7H2,1H3,(H,12,13);/q;+1/p-1/b10-8-;. The molecule has 0 spiro atoms. The van der Waals surface area contributed by atoms with Crippen molar-refractivity contribution in [2.24, 2.45) is 5.92 Å². The van der Waals surface area contributed by atoms with Gasteiger partial charge in [0.05, 0.1) is 5.97 Å². The van der Waals surface area contributed by atoms with Gasteiger partial charge in [-0.25, -0.2) is 0 Å². The Morgan fingerprint density at radius 3 is 2.71 bits per heavy atom. The predicted molar refractivity (Wildman–Crippen MR) is 50.0 cm³/mol. The molecule has 1 saturated carbocycles. The van der Waals surface area contributed by atoms with Crippen molar-refractivity contribution in [1.82, 2.24) is 0 Å². The fourth-order valence-corrected chi connectivity index (χ4v) is 1.83. The van der Waals surface area contributed by atoms with Gasteiger partial charge in [-0.15, -0.1) is 0 Å². The van der Waals surface area contributed by atoms with Crippen LogP contribution in [0, 0.1) is 5.92 Å². The monoisotopic (exact) mass is 204 g/mol. The number of carbonyl (C=O) groups is 1. The molecule has 1 fully saturated rings. The van der Waals surface area contributed by atoms with Crippen LogP contribution >= 0.6 is 0 Å². The van der Waals surface area contributed by atoms with E-state index in [1.807, 2.05) is 0 Å². The van der Waals surface area contributed by atoms with Gasteiger partial charge in [0.15, 0.2) is 0 Å². The van der Waals surface area contributed by atoms with Gasteiger partial charge in [-0.2, -0.15) is 0 Å². The largest absolute Gasteiger partial charge is 1.00 e. The molecule has 3 heteroatoms. The minimum Gasteiger partial charge on any atom is -0.545 e. The van der Waals surface area contributed by atoms with Crippen molar-refractivity contribution in [1.29, 1.82) is 0 Å². The molecule has 0 aromatic carbocycles. The molecule has 0 saturated heterocycles. The van der Waals surface area contributed by atoms with Gasteiger partial charge in [-0.1, -0.05) is 31.8 Å². The second kappa shape index (κ2) is 7.49. The minimum atomic E-state index is -1.03. The van der Waals surface area contributed by atoms with Crippen LogP contribution in [0.4, 0.5) is 0 Å². The van der Waals surface area contributed by atoms with Crippen LogP contribution in [0.3, 0.4) is 0 Å². The van der Waals surface area contributed by atoms with E-state index in [0.717, 1.165) is 18.4 Å². The van der Waals surface area contributed by atoms with Crippen LogP contribution in [0.2, 0.25) is 0 Å². The zero-order valence-corrected chi connectivity index (χ0v) is 11.2. The summed E-state index contributed by atoms with van der Waals surface area (Å²) in [5.41, 5.74) is 1.09. The van der Waals surface area contributed by atoms with Crippen molar-refractivity contribution in [3.05, 3.63) is 11.6 Å². The summed E-state index contributed by atoms with van der Waals surface area (Å²) in [7, 11) is 0. The maximum Gasteiger partial charge on any atom is 1.00 e. The van der Waals surface area contributed by atoms with E-state index in [0.29, 0.717) is 5.92 Å². The zero-order chi connectivity index (χ0) is 9.68. The summed E-state index contributed by atoms with van der Waals surface area (Å²) in [6.45, 7) is 2.18. The number of rotatable bonds is 5. The maximum atomic E-state index is 10.3. The first-order valence-electron chi connectivity index (χ1n) is 5.15. The Hall–Kier alpha value is 0.210. The van der Waals surface area contributed by atoms with Crippen molar-refractivity contribution in [3.63, 3.8) is 0 Å². The summed E-state index contributed by atoms with van der Waals surface area (Å²) in [5, 5.41) is 10.3. The Labute approximate surface area is 108 Å². The summed E-state index contributed by atoms with van der Waals surface area (Å²) in [6, 6.07) is 0. The second-order valence-corrected chi connectivity index (χ2v) is 3.77. The first kappa shape index (κ1) is 14.2. The van der Waals surface area contributed by atoms with Crippen molar-refractivity contribution >= 4 is 5.97 Å². The van der Waals surface area contributed by atoms with E-state index < -0.39 is 5.97 Å². The molecule has 1 atom stereocenters. The van der Waals surface area contributed by atoms with Gasteiger partial charge in [0.25, 0.3) is 0 Å². The third kappa shape index (κ3) is 4.63. The molecule has 1 unspecified atom stereocenters. The summed E-state index contributed by atoms with van der Waals surface area (Å²) in [4.78, 5) is 10.3. The Morgan fingerprint density at radius 2 is 2.29 bits per heavy atom. The van der Waals surface area contributed by atoms with E-state index >= 15 is 0 Å². The Morgan fingerprint density at radius 1 is 1.57 bits per heavy atom. The van der Waals surface area contributed by atoms with Crippen molar-refractivity contribution in [3.8, 4) is 0 Å². The molecule has 0 aromatic rings. The van der Waals surface area contributed by atoms with Crippen LogP contribution < -0.4 is 34.7 Å². The van der Waals surface area contributed by atoms with Crippen LogP contribution in [0.25, 0.3) is 0 Å². The zero-order valence-electron chi connectivity index (χ0n) is 9.21. The topological polar surface area (TPSA) is 40.1 Å². The summed E-state index contributed by atoms with van der Waals surface area (Å²) in [6.07, 6.45) is 8.30. The van der Waals surface area contributed by atoms with Crippen LogP contribution in [0.15, 0.2) is 11.6 Å². The van der Waals surface area contributed by atoms with E-state index in [1.165, 1.54) is 31.8 Å². The summed E-state index contributed by atoms with van der Waals surface area (Å²) >= 11 is 0. The molecule has 0 aliphatic heterocycles. The number of hydrogen-bond acceptors (Lipinski definition) is 2. The van der Waals surface area contributed by atoms with Gasteiger partial charge >= 0.3 is 29.6 Å². The fraction of sp³-hybridized carbons (Fsp3) is 0.727. The van der Waals surface area contributed by atoms with E-state index in [4.69, 9.17) is 0 Å². The molecule has 0 heterocycles. The molecule has 14 heavy (non-hydrogen) atoms. The number of unbranched alkanes of at least 4 members (excludes halogenated alkanes) is 2. The molecule has 1 aliphatic carbocycles. The van der Waals surface area contributed by atoms with E-state index in [9.17, 15) is 9.90 Å². The van der Waals surface area contributed by atoms with Crippen molar-refractivity contribution < 1.29 is 39.5 Å². The molecular weight excluding hydrogens is 187 g/mol. The first-order valence-corrected chi connectivity index (χ1v) is 5.15. The Balaban J connectivity index is 0.00000169. The molecule has 2 nitrogen and oxygen atoms in total. The van der Waals surface area contributed by atoms with Crippen molar-refractivity contribution in [2.75, 3.05) is 0 Å². The van der Waals surface area contributed by atoms with Crippen LogP contribution in [0.1, 0.15) is 45.4 Å². The van der Waals surface area contributed by atoms with Crippen LogP contribution in [0.5, 0.6) is 0 Å². The molecular formula is C11H17NaO2. The summed E-state index contributed by atoms with van der Waals surface area (Å²) in [5.74, 6) is -0.486. The number of carbonyl (C=O) groups excluding carboxylic acids is 1. The fourth-order valence-electron chi connectivity index (χ4n) is 1.83. The minimum absolute atomic E-state index is 0. The molecule has 74 valence electrons. The molecule has 0 amide bonds. The number of carboxylic acid groups (broad SMARTS) is 1. The maximum absolute atomic E-state index is 10.3. The second-order valence-electron chi connectivity index (χ2n) is 3.77. The Bertz CT molecular complexity index is 211. The number of carboxylic acids is 1. The van der Waals surface area contributed by atoms with Gasteiger partial charge in [-0.3, -0.25) is 0 Å². The van der Waals surface area contributed by atoms with Gasteiger partial charge in [0, 0.05) is 0 Å². The SMILES string of the molecule is CCCCCC1CC/C1=C/C(=O)[O-].[Na+]. The third-order valence-electron chi connectivity index (χ3n) is 2.77.